The third-order valence-electron chi connectivity index (χ3n) is 1.97. The lowest BCUT2D eigenvalue weighted by Gasteiger charge is -2.17. The van der Waals surface area contributed by atoms with Gasteiger partial charge in [-0.15, -0.1) is 0 Å². The number of benzene rings is 1. The molecule has 1 aromatic rings. The van der Waals surface area contributed by atoms with Crippen LogP contribution in [0.25, 0.3) is 0 Å². The number of rotatable bonds is 3. The fourth-order valence-electron chi connectivity index (χ4n) is 1.29. The zero-order chi connectivity index (χ0) is 13.2. The maximum Gasteiger partial charge on any atom is 0.488 e. The normalized spacial score (nSPS) is 11.8. The van der Waals surface area contributed by atoms with E-state index in [1.807, 2.05) is 0 Å². The van der Waals surface area contributed by atoms with Crippen LogP contribution in [0.3, 0.4) is 0 Å². The summed E-state index contributed by atoms with van der Waals surface area (Å²) >= 11 is 0. The van der Waals surface area contributed by atoms with Crippen molar-refractivity contribution in [1.82, 2.24) is 0 Å². The molecule has 0 fully saturated rings. The van der Waals surface area contributed by atoms with Crippen molar-refractivity contribution in [2.24, 2.45) is 0 Å². The van der Waals surface area contributed by atoms with Crippen molar-refractivity contribution in [2.75, 3.05) is 0 Å². The van der Waals surface area contributed by atoms with Crippen LogP contribution < -0.4 is 10.2 Å². The fraction of sp³-hybridized carbons (Fsp3) is 0.400. The molecule has 0 atom stereocenters. The molecule has 0 saturated carbocycles. The molecule has 0 bridgehead atoms. The third-order valence-corrected chi connectivity index (χ3v) is 1.97. The van der Waals surface area contributed by atoms with E-state index in [0.717, 1.165) is 18.2 Å². The molecule has 0 aliphatic rings. The molecule has 0 aliphatic heterocycles. The topological polar surface area (TPSA) is 49.7 Å². The van der Waals surface area contributed by atoms with E-state index in [2.05, 4.69) is 0 Å². The summed E-state index contributed by atoms with van der Waals surface area (Å²) in [5.41, 5.74) is -0.982. The summed E-state index contributed by atoms with van der Waals surface area (Å²) < 4.78 is 42.9. The Morgan fingerprint density at radius 3 is 2.24 bits per heavy atom. The molecule has 17 heavy (non-hydrogen) atoms. The summed E-state index contributed by atoms with van der Waals surface area (Å²) in [6.07, 6.45) is -4.98. The van der Waals surface area contributed by atoms with E-state index in [0.29, 0.717) is 0 Å². The van der Waals surface area contributed by atoms with Gasteiger partial charge >= 0.3 is 13.3 Å². The van der Waals surface area contributed by atoms with Gasteiger partial charge in [0.2, 0.25) is 0 Å². The SMILES string of the molecule is CC(C)Oc1cc(B(O)O)ccc1C(F)(F)F. The van der Waals surface area contributed by atoms with Crippen molar-refractivity contribution in [3.8, 4) is 5.75 Å². The summed E-state index contributed by atoms with van der Waals surface area (Å²) in [7, 11) is -1.83. The molecule has 7 heteroatoms. The van der Waals surface area contributed by atoms with E-state index in [1.54, 1.807) is 13.8 Å². The van der Waals surface area contributed by atoms with Crippen molar-refractivity contribution in [3.63, 3.8) is 0 Å². The van der Waals surface area contributed by atoms with Crippen LogP contribution in [0.4, 0.5) is 13.2 Å². The second-order valence-electron chi connectivity index (χ2n) is 3.79. The standard InChI is InChI=1S/C10H12BF3O3/c1-6(2)17-9-5-7(11(15)16)3-4-8(9)10(12,13)14/h3-6,15-16H,1-2H3. The van der Waals surface area contributed by atoms with Crippen molar-refractivity contribution in [3.05, 3.63) is 23.8 Å². The minimum atomic E-state index is -4.54. The van der Waals surface area contributed by atoms with Gasteiger partial charge in [-0.25, -0.2) is 0 Å². The summed E-state index contributed by atoms with van der Waals surface area (Å²) in [4.78, 5) is 0. The molecule has 94 valence electrons. The minimum absolute atomic E-state index is 0.0475. The first-order chi connectivity index (χ1) is 7.71. The highest BCUT2D eigenvalue weighted by Gasteiger charge is 2.35. The van der Waals surface area contributed by atoms with E-state index in [1.165, 1.54) is 0 Å². The number of hydrogen-bond donors (Lipinski definition) is 2. The highest BCUT2D eigenvalue weighted by atomic mass is 19.4. The summed E-state index contributed by atoms with van der Waals surface area (Å²) in [5, 5.41) is 17.8. The van der Waals surface area contributed by atoms with Crippen molar-refractivity contribution < 1.29 is 28.0 Å². The zero-order valence-corrected chi connectivity index (χ0v) is 9.32. The zero-order valence-electron chi connectivity index (χ0n) is 9.32. The molecule has 0 spiro atoms. The van der Waals surface area contributed by atoms with Gasteiger partial charge in [0.05, 0.1) is 11.7 Å². The lowest BCUT2D eigenvalue weighted by Crippen LogP contribution is -2.30. The molecule has 0 unspecified atom stereocenters. The maximum absolute atomic E-state index is 12.6. The Morgan fingerprint density at radius 2 is 1.82 bits per heavy atom. The van der Waals surface area contributed by atoms with Gasteiger partial charge in [-0.1, -0.05) is 6.07 Å². The van der Waals surface area contributed by atoms with Gasteiger partial charge in [0.1, 0.15) is 5.75 Å². The lowest BCUT2D eigenvalue weighted by molar-refractivity contribution is -0.139. The van der Waals surface area contributed by atoms with Gasteiger partial charge in [-0.05, 0) is 31.4 Å². The van der Waals surface area contributed by atoms with Crippen LogP contribution in [0.1, 0.15) is 19.4 Å². The van der Waals surface area contributed by atoms with E-state index in [4.69, 9.17) is 14.8 Å². The smallest absolute Gasteiger partial charge is 0.488 e. The van der Waals surface area contributed by atoms with Crippen LogP contribution in [0, 0.1) is 0 Å². The van der Waals surface area contributed by atoms with E-state index in [-0.39, 0.29) is 5.46 Å². The second-order valence-corrected chi connectivity index (χ2v) is 3.79. The Bertz CT molecular complexity index is 391. The Morgan fingerprint density at radius 1 is 1.24 bits per heavy atom. The van der Waals surface area contributed by atoms with Crippen molar-refractivity contribution in [2.45, 2.75) is 26.1 Å². The molecular weight excluding hydrogens is 236 g/mol. The van der Waals surface area contributed by atoms with Gasteiger partial charge in [0.15, 0.2) is 0 Å². The molecule has 3 nitrogen and oxygen atoms in total. The predicted molar refractivity (Wildman–Crippen MR) is 57.0 cm³/mol. The van der Waals surface area contributed by atoms with Crippen LogP contribution >= 0.6 is 0 Å². The Balaban J connectivity index is 3.22. The molecule has 1 rings (SSSR count). The lowest BCUT2D eigenvalue weighted by atomic mass is 9.80. The van der Waals surface area contributed by atoms with Crippen LogP contribution in [-0.4, -0.2) is 23.3 Å². The number of alkyl halides is 3. The summed E-state index contributed by atoms with van der Waals surface area (Å²) in [6.45, 7) is 3.17. The minimum Gasteiger partial charge on any atom is -0.490 e. The summed E-state index contributed by atoms with van der Waals surface area (Å²) in [6, 6.07) is 2.75. The van der Waals surface area contributed by atoms with Crippen LogP contribution in [0.5, 0.6) is 5.75 Å². The second kappa shape index (κ2) is 4.97. The molecule has 2 N–H and O–H groups in total. The summed E-state index contributed by atoms with van der Waals surface area (Å²) in [5.74, 6) is -0.405. The predicted octanol–water partition coefficient (Wildman–Crippen LogP) is 1.17. The van der Waals surface area contributed by atoms with E-state index >= 15 is 0 Å². The van der Waals surface area contributed by atoms with E-state index < -0.39 is 30.7 Å². The highest BCUT2D eigenvalue weighted by molar-refractivity contribution is 6.58. The van der Waals surface area contributed by atoms with Gasteiger partial charge in [-0.2, -0.15) is 13.2 Å². The quantitative estimate of drug-likeness (QED) is 0.789. The third kappa shape index (κ3) is 3.64. The first-order valence-electron chi connectivity index (χ1n) is 4.95. The van der Waals surface area contributed by atoms with Gasteiger partial charge < -0.3 is 14.8 Å². The first kappa shape index (κ1) is 13.9. The molecule has 0 radical (unpaired) electrons. The van der Waals surface area contributed by atoms with Crippen LogP contribution in [0.2, 0.25) is 0 Å². The molecular formula is C10H12BF3O3. The Hall–Kier alpha value is -1.21. The highest BCUT2D eigenvalue weighted by Crippen LogP contribution is 2.35. The van der Waals surface area contributed by atoms with E-state index in [9.17, 15) is 13.2 Å². The number of halogens is 3. The van der Waals surface area contributed by atoms with Crippen LogP contribution in [0.15, 0.2) is 18.2 Å². The van der Waals surface area contributed by atoms with Crippen molar-refractivity contribution in [1.29, 1.82) is 0 Å². The average Bonchev–Trinajstić information content (AvgIpc) is 2.14. The molecule has 0 amide bonds. The fourth-order valence-corrected chi connectivity index (χ4v) is 1.29. The monoisotopic (exact) mass is 248 g/mol. The molecule has 0 aliphatic carbocycles. The van der Waals surface area contributed by atoms with Gasteiger partial charge in [-0.3, -0.25) is 0 Å². The Labute approximate surface area is 97.0 Å². The molecule has 1 aromatic carbocycles. The first-order valence-corrected chi connectivity index (χ1v) is 4.95. The largest absolute Gasteiger partial charge is 0.490 e. The Kier molecular flexibility index (Phi) is 4.05. The molecule has 0 heterocycles. The van der Waals surface area contributed by atoms with Crippen molar-refractivity contribution >= 4 is 12.6 Å². The average molecular weight is 248 g/mol. The van der Waals surface area contributed by atoms with Gasteiger partial charge in [0, 0.05) is 0 Å². The molecule has 0 aromatic heterocycles. The maximum atomic E-state index is 12.6. The number of hydrogen-bond acceptors (Lipinski definition) is 3. The van der Waals surface area contributed by atoms with Crippen LogP contribution in [-0.2, 0) is 6.18 Å². The van der Waals surface area contributed by atoms with Gasteiger partial charge in [0.25, 0.3) is 0 Å². The number of ether oxygens (including phenoxy) is 1. The molecule has 0 saturated heterocycles.